The van der Waals surface area contributed by atoms with Crippen LogP contribution in [0.4, 0.5) is 5.82 Å². The van der Waals surface area contributed by atoms with Crippen LogP contribution in [-0.4, -0.2) is 24.9 Å². The molecule has 1 aliphatic rings. The van der Waals surface area contributed by atoms with Crippen molar-refractivity contribution < 1.29 is 8.42 Å². The first kappa shape index (κ1) is 14.7. The summed E-state index contributed by atoms with van der Waals surface area (Å²) in [5.41, 5.74) is 0.873. The van der Waals surface area contributed by atoms with E-state index in [2.05, 4.69) is 9.97 Å². The van der Waals surface area contributed by atoms with Crippen molar-refractivity contribution >= 4 is 38.8 Å². The second-order valence-electron chi connectivity index (χ2n) is 4.74. The number of thiazole rings is 1. The minimum atomic E-state index is -3.59. The average molecular weight is 344 g/mol. The number of anilines is 1. The van der Waals surface area contributed by atoms with Gasteiger partial charge in [0.2, 0.25) is 0 Å². The molecular weight excluding hydrogens is 330 g/mol. The minimum absolute atomic E-state index is 0.268. The quantitative estimate of drug-likeness (QED) is 0.859. The monoisotopic (exact) mass is 343 g/mol. The molecule has 2 aromatic heterocycles. The molecule has 0 N–H and O–H groups in total. The lowest BCUT2D eigenvalue weighted by Gasteiger charge is -2.28. The number of nitrogens with zero attached hydrogens (tertiary/aromatic N) is 3. The fourth-order valence-corrected chi connectivity index (χ4v) is 5.23. The van der Waals surface area contributed by atoms with E-state index < -0.39 is 10.0 Å². The summed E-state index contributed by atoms with van der Waals surface area (Å²) >= 11 is 7.16. The molecule has 3 heterocycles. The van der Waals surface area contributed by atoms with E-state index in [1.165, 1.54) is 28.0 Å². The molecule has 0 saturated carbocycles. The Balaban J connectivity index is 2.05. The second kappa shape index (κ2) is 5.55. The summed E-state index contributed by atoms with van der Waals surface area (Å²) in [5, 5.41) is 1.34. The van der Waals surface area contributed by atoms with Gasteiger partial charge in [-0.15, -0.1) is 11.3 Å². The van der Waals surface area contributed by atoms with Crippen molar-refractivity contribution in [3.05, 3.63) is 34.1 Å². The maximum absolute atomic E-state index is 12.8. The number of halogens is 1. The van der Waals surface area contributed by atoms with Crippen molar-refractivity contribution in [1.82, 2.24) is 9.97 Å². The van der Waals surface area contributed by atoms with E-state index in [0.717, 1.165) is 29.8 Å². The van der Waals surface area contributed by atoms with Crippen LogP contribution in [0.5, 0.6) is 0 Å². The van der Waals surface area contributed by atoms with Gasteiger partial charge in [-0.2, -0.15) is 0 Å². The first-order valence-corrected chi connectivity index (χ1v) is 9.27. The van der Waals surface area contributed by atoms with Crippen molar-refractivity contribution in [1.29, 1.82) is 0 Å². The molecule has 0 fully saturated rings. The molecule has 0 aromatic carbocycles. The first-order valence-electron chi connectivity index (χ1n) is 6.64. The van der Waals surface area contributed by atoms with Crippen molar-refractivity contribution in [3.63, 3.8) is 0 Å². The van der Waals surface area contributed by atoms with E-state index >= 15 is 0 Å². The lowest BCUT2D eigenvalue weighted by atomic mass is 10.1. The number of rotatable bonds is 3. The zero-order valence-corrected chi connectivity index (χ0v) is 13.8. The largest absolute Gasteiger partial charge is 0.276 e. The van der Waals surface area contributed by atoms with Crippen molar-refractivity contribution in [3.8, 4) is 0 Å². The molecular formula is C13H14ClN3O2S2. The van der Waals surface area contributed by atoms with Gasteiger partial charge >= 0.3 is 0 Å². The Kier molecular flexibility index (Phi) is 3.90. The van der Waals surface area contributed by atoms with E-state index in [-0.39, 0.29) is 4.21 Å². The zero-order valence-electron chi connectivity index (χ0n) is 11.4. The standard InChI is InChI=1S/C13H14ClN3O2S2/c1-2-11-15-8-12(20-11)21(18,19)17-5-3-4-9-6-10(14)7-16-13(9)17/h6-8H,2-5H2,1H3. The predicted molar refractivity (Wildman–Crippen MR) is 83.6 cm³/mol. The molecule has 112 valence electrons. The van der Waals surface area contributed by atoms with Gasteiger partial charge in [0, 0.05) is 12.7 Å². The van der Waals surface area contributed by atoms with Crippen LogP contribution in [0, 0.1) is 0 Å². The number of hydrogen-bond donors (Lipinski definition) is 0. The van der Waals surface area contributed by atoms with Crippen molar-refractivity contribution in [2.75, 3.05) is 10.8 Å². The summed E-state index contributed by atoms with van der Waals surface area (Å²) < 4.78 is 27.2. The topological polar surface area (TPSA) is 63.2 Å². The SMILES string of the molecule is CCc1ncc(S(=O)(=O)N2CCCc3cc(Cl)cnc32)s1. The van der Waals surface area contributed by atoms with Crippen LogP contribution in [0.2, 0.25) is 5.02 Å². The highest BCUT2D eigenvalue weighted by Crippen LogP contribution is 2.33. The Morgan fingerprint density at radius 2 is 2.19 bits per heavy atom. The zero-order chi connectivity index (χ0) is 15.0. The smallest absolute Gasteiger partial charge is 0.249 e. The van der Waals surface area contributed by atoms with Gasteiger partial charge in [-0.25, -0.2) is 22.7 Å². The lowest BCUT2D eigenvalue weighted by molar-refractivity contribution is 0.587. The minimum Gasteiger partial charge on any atom is -0.249 e. The number of pyridine rings is 1. The van der Waals surface area contributed by atoms with Crippen LogP contribution in [0.3, 0.4) is 0 Å². The summed E-state index contributed by atoms with van der Waals surface area (Å²) in [6.07, 6.45) is 5.19. The highest BCUT2D eigenvalue weighted by atomic mass is 35.5. The van der Waals surface area contributed by atoms with E-state index in [9.17, 15) is 8.42 Å². The van der Waals surface area contributed by atoms with Gasteiger partial charge in [-0.3, -0.25) is 0 Å². The molecule has 0 spiro atoms. The fraction of sp³-hybridized carbons (Fsp3) is 0.385. The number of aromatic nitrogens is 2. The van der Waals surface area contributed by atoms with Crippen LogP contribution in [0.15, 0.2) is 22.7 Å². The molecule has 1 aliphatic heterocycles. The summed E-state index contributed by atoms with van der Waals surface area (Å²) in [4.78, 5) is 8.36. The highest BCUT2D eigenvalue weighted by molar-refractivity contribution is 7.94. The molecule has 2 aromatic rings. The molecule has 0 aliphatic carbocycles. The third-order valence-electron chi connectivity index (χ3n) is 3.33. The van der Waals surface area contributed by atoms with Crippen LogP contribution in [0.1, 0.15) is 23.9 Å². The molecule has 21 heavy (non-hydrogen) atoms. The number of sulfonamides is 1. The number of aryl methyl sites for hydroxylation is 2. The van der Waals surface area contributed by atoms with Gasteiger partial charge in [-0.05, 0) is 30.9 Å². The van der Waals surface area contributed by atoms with E-state index in [0.29, 0.717) is 17.4 Å². The van der Waals surface area contributed by atoms with Gasteiger partial charge in [-0.1, -0.05) is 18.5 Å². The maximum atomic E-state index is 12.8. The molecule has 3 rings (SSSR count). The van der Waals surface area contributed by atoms with Crippen LogP contribution < -0.4 is 4.31 Å². The molecule has 0 unspecified atom stereocenters. The molecule has 0 radical (unpaired) electrons. The third kappa shape index (κ3) is 2.65. The number of fused-ring (bicyclic) bond motifs is 1. The maximum Gasteiger partial charge on any atom is 0.276 e. The molecule has 0 bridgehead atoms. The molecule has 0 amide bonds. The van der Waals surface area contributed by atoms with Gasteiger partial charge in [0.15, 0.2) is 4.21 Å². The second-order valence-corrected chi connectivity index (χ2v) is 8.38. The summed E-state index contributed by atoms with van der Waals surface area (Å²) in [7, 11) is -3.59. The first-order chi connectivity index (χ1) is 10.0. The van der Waals surface area contributed by atoms with E-state index in [4.69, 9.17) is 11.6 Å². The third-order valence-corrected chi connectivity index (χ3v) is 6.91. The lowest BCUT2D eigenvalue weighted by Crippen LogP contribution is -2.35. The molecule has 8 heteroatoms. The van der Waals surface area contributed by atoms with Gasteiger partial charge < -0.3 is 0 Å². The van der Waals surface area contributed by atoms with Gasteiger partial charge in [0.25, 0.3) is 10.0 Å². The molecule has 0 atom stereocenters. The van der Waals surface area contributed by atoms with Crippen LogP contribution in [-0.2, 0) is 22.9 Å². The van der Waals surface area contributed by atoms with E-state index in [1.54, 1.807) is 6.07 Å². The Hall–Kier alpha value is -1.18. The Morgan fingerprint density at radius 3 is 2.90 bits per heavy atom. The molecule has 0 saturated heterocycles. The van der Waals surface area contributed by atoms with Crippen molar-refractivity contribution in [2.24, 2.45) is 0 Å². The van der Waals surface area contributed by atoms with Crippen molar-refractivity contribution in [2.45, 2.75) is 30.4 Å². The number of hydrogen-bond acceptors (Lipinski definition) is 5. The Morgan fingerprint density at radius 1 is 1.38 bits per heavy atom. The average Bonchev–Trinajstić information content (AvgIpc) is 2.96. The Bertz CT molecular complexity index is 773. The summed E-state index contributed by atoms with van der Waals surface area (Å²) in [5.74, 6) is 0.483. The van der Waals surface area contributed by atoms with Crippen LogP contribution >= 0.6 is 22.9 Å². The summed E-state index contributed by atoms with van der Waals surface area (Å²) in [6.45, 7) is 2.39. The van der Waals surface area contributed by atoms with Gasteiger partial charge in [0.05, 0.1) is 16.2 Å². The molecule has 5 nitrogen and oxygen atoms in total. The summed E-state index contributed by atoms with van der Waals surface area (Å²) in [6, 6.07) is 1.79. The Labute approximate surface area is 132 Å². The van der Waals surface area contributed by atoms with E-state index in [1.807, 2.05) is 6.92 Å². The highest BCUT2D eigenvalue weighted by Gasteiger charge is 2.31. The normalized spacial score (nSPS) is 15.0. The predicted octanol–water partition coefficient (Wildman–Crippen LogP) is 2.90. The fourth-order valence-electron chi connectivity index (χ4n) is 2.32. The van der Waals surface area contributed by atoms with Crippen LogP contribution in [0.25, 0.3) is 0 Å². The van der Waals surface area contributed by atoms with Gasteiger partial charge in [0.1, 0.15) is 5.82 Å².